The summed E-state index contributed by atoms with van der Waals surface area (Å²) in [6, 6.07) is 0. The van der Waals surface area contributed by atoms with Crippen molar-refractivity contribution in [2.75, 3.05) is 0 Å². The molecule has 0 amide bonds. The molecule has 0 unspecified atom stereocenters. The highest BCUT2D eigenvalue weighted by atomic mass is 16.4. The van der Waals surface area contributed by atoms with Crippen molar-refractivity contribution in [3.05, 3.63) is 17.7 Å². The van der Waals surface area contributed by atoms with Gasteiger partial charge < -0.3 is 9.90 Å². The van der Waals surface area contributed by atoms with Crippen molar-refractivity contribution in [2.45, 2.75) is 6.92 Å². The first-order valence-electron chi connectivity index (χ1n) is 3.27. The van der Waals surface area contributed by atoms with Gasteiger partial charge in [0.1, 0.15) is 11.9 Å². The van der Waals surface area contributed by atoms with Gasteiger partial charge in [-0.25, -0.2) is 9.13 Å². The molecule has 4 nitrogen and oxygen atoms in total. The summed E-state index contributed by atoms with van der Waals surface area (Å²) in [5.41, 5.74) is 0.895. The Morgan fingerprint density at radius 2 is 2.27 bits per heavy atom. The van der Waals surface area contributed by atoms with Crippen LogP contribution in [0.15, 0.2) is 6.20 Å². The molecule has 0 spiro atoms. The summed E-state index contributed by atoms with van der Waals surface area (Å²) in [5, 5.41) is 10.5. The molecule has 11 heavy (non-hydrogen) atoms. The normalized spacial score (nSPS) is 10.1. The van der Waals surface area contributed by atoms with Gasteiger partial charge in [-0.05, 0) is 0 Å². The van der Waals surface area contributed by atoms with Gasteiger partial charge in [-0.15, -0.1) is 0 Å². The molecule has 0 saturated heterocycles. The van der Waals surface area contributed by atoms with E-state index in [0.717, 1.165) is 5.69 Å². The third-order valence-electron chi connectivity index (χ3n) is 1.74. The second-order valence-corrected chi connectivity index (χ2v) is 2.55. The maximum atomic E-state index is 10.5. The van der Waals surface area contributed by atoms with E-state index in [-0.39, 0.29) is 5.82 Å². The van der Waals surface area contributed by atoms with Crippen LogP contribution in [0.2, 0.25) is 0 Å². The van der Waals surface area contributed by atoms with Crippen LogP contribution in [-0.4, -0.2) is 10.5 Å². The molecular weight excluding hydrogens is 144 g/mol. The van der Waals surface area contributed by atoms with Crippen molar-refractivity contribution < 1.29 is 14.5 Å². The van der Waals surface area contributed by atoms with Gasteiger partial charge in [0, 0.05) is 6.92 Å². The lowest BCUT2D eigenvalue weighted by Crippen LogP contribution is -2.41. The average molecular weight is 154 g/mol. The molecule has 60 valence electrons. The lowest BCUT2D eigenvalue weighted by molar-refractivity contribution is -0.675. The first-order chi connectivity index (χ1) is 5.04. The fraction of sp³-hybridized carbons (Fsp3) is 0.429. The smallest absolute Gasteiger partial charge is 0.304 e. The molecule has 0 saturated carbocycles. The standard InChI is InChI=1S/C7H10N2O2/c1-5-4-8(2)6(7(10)11)9(5)3/h4H,1-3H3. The lowest BCUT2D eigenvalue weighted by atomic mass is 10.5. The predicted molar refractivity (Wildman–Crippen MR) is 35.7 cm³/mol. The number of aromatic carboxylic acids is 1. The Balaban J connectivity index is 3.34. The largest absolute Gasteiger partial charge is 0.538 e. The molecule has 0 aliphatic carbocycles. The predicted octanol–water partition coefficient (Wildman–Crippen LogP) is -1.48. The van der Waals surface area contributed by atoms with Crippen molar-refractivity contribution in [2.24, 2.45) is 14.1 Å². The Labute approximate surface area is 64.7 Å². The van der Waals surface area contributed by atoms with Gasteiger partial charge in [0.25, 0.3) is 0 Å². The summed E-state index contributed by atoms with van der Waals surface area (Å²) in [5.74, 6) is -0.967. The third-order valence-corrected chi connectivity index (χ3v) is 1.74. The minimum Gasteiger partial charge on any atom is -0.538 e. The number of rotatable bonds is 1. The van der Waals surface area contributed by atoms with Crippen LogP contribution in [-0.2, 0) is 14.1 Å². The minimum absolute atomic E-state index is 0.183. The van der Waals surface area contributed by atoms with E-state index < -0.39 is 5.97 Å². The summed E-state index contributed by atoms with van der Waals surface area (Å²) in [7, 11) is 3.37. The van der Waals surface area contributed by atoms with E-state index in [9.17, 15) is 9.90 Å². The highest BCUT2D eigenvalue weighted by Crippen LogP contribution is 1.96. The number of aryl methyl sites for hydroxylation is 2. The van der Waals surface area contributed by atoms with Crippen LogP contribution < -0.4 is 9.67 Å². The molecule has 0 N–H and O–H groups in total. The Bertz CT molecular complexity index is 302. The Morgan fingerprint density at radius 3 is 2.45 bits per heavy atom. The van der Waals surface area contributed by atoms with Gasteiger partial charge in [-0.2, -0.15) is 0 Å². The third kappa shape index (κ3) is 1.11. The Morgan fingerprint density at radius 1 is 1.73 bits per heavy atom. The molecule has 0 radical (unpaired) electrons. The van der Waals surface area contributed by atoms with Gasteiger partial charge in [-0.3, -0.25) is 0 Å². The monoisotopic (exact) mass is 154 g/mol. The van der Waals surface area contributed by atoms with E-state index in [1.54, 1.807) is 24.9 Å². The van der Waals surface area contributed by atoms with E-state index in [1.165, 1.54) is 4.57 Å². The van der Waals surface area contributed by atoms with Crippen molar-refractivity contribution in [3.8, 4) is 0 Å². The number of carboxylic acid groups (broad SMARTS) is 1. The quantitative estimate of drug-likeness (QED) is 0.463. The highest BCUT2D eigenvalue weighted by molar-refractivity contribution is 5.79. The number of nitrogens with zero attached hydrogens (tertiary/aromatic N) is 2. The van der Waals surface area contributed by atoms with Gasteiger partial charge >= 0.3 is 5.82 Å². The summed E-state index contributed by atoms with van der Waals surface area (Å²) in [6.07, 6.45) is 1.74. The van der Waals surface area contributed by atoms with Gasteiger partial charge in [0.15, 0.2) is 5.97 Å². The lowest BCUT2D eigenvalue weighted by Gasteiger charge is -1.97. The molecular formula is C7H10N2O2. The molecule has 1 aromatic heterocycles. The second-order valence-electron chi connectivity index (χ2n) is 2.55. The van der Waals surface area contributed by atoms with Crippen molar-refractivity contribution in [1.82, 2.24) is 4.57 Å². The molecule has 1 rings (SSSR count). The van der Waals surface area contributed by atoms with Crippen molar-refractivity contribution in [1.29, 1.82) is 0 Å². The molecule has 0 bridgehead atoms. The minimum atomic E-state index is -1.15. The summed E-state index contributed by atoms with van der Waals surface area (Å²) < 4.78 is 3.11. The maximum Gasteiger partial charge on any atom is 0.304 e. The SMILES string of the molecule is Cc1c[n+](C)c(C(=O)[O-])n1C. The molecule has 0 aliphatic rings. The first-order valence-corrected chi connectivity index (χ1v) is 3.27. The molecule has 4 heteroatoms. The number of imidazole rings is 1. The van der Waals surface area contributed by atoms with E-state index in [4.69, 9.17) is 0 Å². The van der Waals surface area contributed by atoms with Gasteiger partial charge in [-0.1, -0.05) is 0 Å². The zero-order valence-corrected chi connectivity index (χ0v) is 6.79. The molecule has 0 aromatic carbocycles. The summed E-state index contributed by atoms with van der Waals surface area (Å²) in [4.78, 5) is 10.5. The Hall–Kier alpha value is -1.32. The Kier molecular flexibility index (Phi) is 1.68. The molecule has 1 heterocycles. The molecule has 0 atom stereocenters. The van der Waals surface area contributed by atoms with E-state index in [0.29, 0.717) is 0 Å². The van der Waals surface area contributed by atoms with Crippen molar-refractivity contribution >= 4 is 5.97 Å². The average Bonchev–Trinajstić information content (AvgIpc) is 2.07. The first kappa shape index (κ1) is 7.78. The number of aromatic nitrogens is 2. The number of hydrogen-bond acceptors (Lipinski definition) is 2. The van der Waals surface area contributed by atoms with Crippen LogP contribution in [0.4, 0.5) is 0 Å². The van der Waals surface area contributed by atoms with Crippen LogP contribution in [0.25, 0.3) is 0 Å². The van der Waals surface area contributed by atoms with Crippen molar-refractivity contribution in [3.63, 3.8) is 0 Å². The maximum absolute atomic E-state index is 10.5. The molecule has 0 fully saturated rings. The zero-order chi connectivity index (χ0) is 8.59. The van der Waals surface area contributed by atoms with E-state index >= 15 is 0 Å². The fourth-order valence-electron chi connectivity index (χ4n) is 1.11. The van der Waals surface area contributed by atoms with Crippen LogP contribution in [0.3, 0.4) is 0 Å². The summed E-state index contributed by atoms with van der Waals surface area (Å²) in [6.45, 7) is 1.84. The van der Waals surface area contributed by atoms with Crippen LogP contribution in [0.1, 0.15) is 16.3 Å². The molecule has 0 aliphatic heterocycles. The van der Waals surface area contributed by atoms with Gasteiger partial charge in [0.05, 0.1) is 14.1 Å². The number of hydrogen-bond donors (Lipinski definition) is 0. The van der Waals surface area contributed by atoms with Gasteiger partial charge in [0.2, 0.25) is 0 Å². The zero-order valence-electron chi connectivity index (χ0n) is 6.79. The molecule has 1 aromatic rings. The number of carbonyl (C=O) groups is 1. The fourth-order valence-corrected chi connectivity index (χ4v) is 1.11. The van der Waals surface area contributed by atoms with E-state index in [1.807, 2.05) is 6.92 Å². The number of carboxylic acids is 1. The summed E-state index contributed by atoms with van der Waals surface area (Å²) >= 11 is 0. The van der Waals surface area contributed by atoms with E-state index in [2.05, 4.69) is 0 Å². The highest BCUT2D eigenvalue weighted by Gasteiger charge is 2.15. The topological polar surface area (TPSA) is 48.9 Å². The van der Waals surface area contributed by atoms with Crippen LogP contribution >= 0.6 is 0 Å². The van der Waals surface area contributed by atoms with Crippen LogP contribution in [0.5, 0.6) is 0 Å². The number of carbonyl (C=O) groups excluding carboxylic acids is 1. The van der Waals surface area contributed by atoms with Crippen LogP contribution in [0, 0.1) is 6.92 Å². The second kappa shape index (κ2) is 2.38.